The van der Waals surface area contributed by atoms with Gasteiger partial charge in [-0.15, -0.1) is 0 Å². The molecule has 1 N–H and O–H groups in total. The molecule has 11 heteroatoms. The maximum absolute atomic E-state index is 14.2. The third kappa shape index (κ3) is 7.11. The molecule has 1 aromatic heterocycles. The molecule has 0 amide bonds. The monoisotopic (exact) mass is 644 g/mol. The molecule has 0 unspecified atom stereocenters. The number of fused-ring (bicyclic) bond motifs is 2. The smallest absolute Gasteiger partial charge is 0.345 e. The van der Waals surface area contributed by atoms with Crippen molar-refractivity contribution < 1.29 is 46.1 Å². The van der Waals surface area contributed by atoms with Crippen molar-refractivity contribution in [2.75, 3.05) is 20.0 Å². The summed E-state index contributed by atoms with van der Waals surface area (Å²) in [6.45, 7) is 3.87. The third-order valence-electron chi connectivity index (χ3n) is 7.62. The molecule has 0 radical (unpaired) electrons. The van der Waals surface area contributed by atoms with Gasteiger partial charge in [-0.1, -0.05) is 30.3 Å². The Morgan fingerprint density at radius 3 is 1.87 bits per heavy atom. The number of ether oxygens (including phenoxy) is 4. The summed E-state index contributed by atoms with van der Waals surface area (Å²) in [4.78, 5) is 27.0. The first-order valence-electron chi connectivity index (χ1n) is 14.5. The molecule has 0 aliphatic carbocycles. The van der Waals surface area contributed by atoms with Crippen LogP contribution >= 0.6 is 0 Å². The number of methoxy groups -OCH3 is 2. The van der Waals surface area contributed by atoms with Crippen molar-refractivity contribution in [2.24, 2.45) is 0 Å². The molecule has 0 aliphatic heterocycles. The van der Waals surface area contributed by atoms with Crippen molar-refractivity contribution in [3.63, 3.8) is 0 Å². The minimum atomic E-state index is -4.17. The van der Waals surface area contributed by atoms with Gasteiger partial charge in [0.05, 0.1) is 41.9 Å². The molecule has 0 saturated heterocycles. The Bertz CT molecular complexity index is 1970. The summed E-state index contributed by atoms with van der Waals surface area (Å²) in [5.74, 6) is -0.259. The number of hydrogen-bond acceptors (Lipinski definition) is 8. The molecule has 4 aromatic carbocycles. The Labute approximate surface area is 266 Å². The first kappa shape index (κ1) is 32.4. The molecule has 5 rings (SSSR count). The fourth-order valence-electron chi connectivity index (χ4n) is 5.48. The van der Waals surface area contributed by atoms with Crippen LogP contribution in [-0.4, -0.2) is 44.9 Å². The Morgan fingerprint density at radius 1 is 0.783 bits per heavy atom. The molecule has 0 aliphatic rings. The fraction of sp³-hybridized carbons (Fsp3) is 0.229. The second kappa shape index (κ2) is 13.6. The first-order valence-corrected chi connectivity index (χ1v) is 16.1. The molecular weight excluding hydrogens is 610 g/mol. The van der Waals surface area contributed by atoms with Crippen molar-refractivity contribution in [3.05, 3.63) is 107 Å². The first-order chi connectivity index (χ1) is 22.0. The highest BCUT2D eigenvalue weighted by atomic mass is 32.2. The average Bonchev–Trinajstić information content (AvgIpc) is 3.04. The number of aryl methyl sites for hydroxylation is 3. The van der Waals surface area contributed by atoms with E-state index in [0.717, 1.165) is 5.56 Å². The van der Waals surface area contributed by atoms with Gasteiger partial charge in [0, 0.05) is 18.6 Å². The van der Waals surface area contributed by atoms with Crippen LogP contribution in [0.4, 0.5) is 0 Å². The van der Waals surface area contributed by atoms with E-state index in [1.807, 2.05) is 34.9 Å². The molecule has 5 aromatic rings. The van der Waals surface area contributed by atoms with Crippen LogP contribution in [0.2, 0.25) is 0 Å². The Morgan fingerprint density at radius 2 is 1.35 bits per heavy atom. The maximum Gasteiger partial charge on any atom is 0.345 e. The Balaban J connectivity index is 1.56. The number of benzene rings is 4. The summed E-state index contributed by atoms with van der Waals surface area (Å²) < 4.78 is 56.6. The fourth-order valence-corrected chi connectivity index (χ4v) is 5.97. The normalized spacial score (nSPS) is 11.4. The van der Waals surface area contributed by atoms with E-state index < -0.39 is 27.8 Å². The van der Waals surface area contributed by atoms with E-state index in [4.69, 9.17) is 18.9 Å². The van der Waals surface area contributed by atoms with Gasteiger partial charge >= 0.3 is 11.9 Å². The van der Waals surface area contributed by atoms with E-state index in [1.165, 1.54) is 14.2 Å². The molecule has 0 atom stereocenters. The summed E-state index contributed by atoms with van der Waals surface area (Å²) in [7, 11) is -1.13. The molecule has 0 fully saturated rings. The van der Waals surface area contributed by atoms with Gasteiger partial charge in [0.1, 0.15) is 23.9 Å². The molecular formula is C35H34NO9S+. The van der Waals surface area contributed by atoms with Crippen LogP contribution in [0, 0.1) is 13.8 Å². The number of carbonyl (C=O) groups is 2. The van der Waals surface area contributed by atoms with Crippen LogP contribution in [0.1, 0.15) is 43.8 Å². The van der Waals surface area contributed by atoms with Gasteiger partial charge in [0.2, 0.25) is 11.0 Å². The zero-order chi connectivity index (χ0) is 33.0. The second-order valence-electron chi connectivity index (χ2n) is 10.8. The highest BCUT2D eigenvalue weighted by Gasteiger charge is 2.28. The molecule has 0 saturated carbocycles. The minimum absolute atomic E-state index is 0.130. The van der Waals surface area contributed by atoms with Crippen molar-refractivity contribution in [2.45, 2.75) is 33.4 Å². The maximum atomic E-state index is 14.2. The van der Waals surface area contributed by atoms with Crippen LogP contribution in [0.3, 0.4) is 0 Å². The van der Waals surface area contributed by atoms with Crippen LogP contribution in [0.5, 0.6) is 17.2 Å². The van der Waals surface area contributed by atoms with Gasteiger partial charge in [-0.25, -0.2) is 9.59 Å². The lowest BCUT2D eigenvalue weighted by Crippen LogP contribution is -2.37. The highest BCUT2D eigenvalue weighted by molar-refractivity contribution is 7.85. The zero-order valence-electron chi connectivity index (χ0n) is 25.9. The van der Waals surface area contributed by atoms with E-state index in [0.29, 0.717) is 55.7 Å². The third-order valence-corrected chi connectivity index (χ3v) is 8.42. The molecule has 10 nitrogen and oxygen atoms in total. The number of rotatable bonds is 11. The minimum Gasteiger partial charge on any atom is -0.497 e. The van der Waals surface area contributed by atoms with Crippen molar-refractivity contribution in [1.29, 1.82) is 0 Å². The molecule has 0 bridgehead atoms. The second-order valence-corrected chi connectivity index (χ2v) is 12.4. The van der Waals surface area contributed by atoms with Crippen molar-refractivity contribution in [1.82, 2.24) is 0 Å². The SMILES string of the molecule is COc1ccc2c(c1)c(C(=O)Oc1c(C)cc(C(=O)OCc3ccccc3)cc1C)c1cc(OC)ccc1[n+]2CCCS(=O)(=O)O. The summed E-state index contributed by atoms with van der Waals surface area (Å²) in [5, 5.41) is 1.02. The van der Waals surface area contributed by atoms with Gasteiger partial charge in [-0.2, -0.15) is 13.0 Å². The summed E-state index contributed by atoms with van der Waals surface area (Å²) in [5.41, 5.74) is 3.85. The van der Waals surface area contributed by atoms with E-state index in [2.05, 4.69) is 0 Å². The largest absolute Gasteiger partial charge is 0.497 e. The standard InChI is InChI=1S/C35H33NO9S/c1-22-17-25(34(37)44-21-24-9-6-5-7-10-24)18-23(2)33(22)45-35(38)32-28-19-26(42-3)11-13-30(28)36(15-8-16-46(39,40)41)31-14-12-27(43-4)20-29(31)32/h5-7,9-14,17-20H,8,15-16,21H2,1-4H3/p+1. The number of pyridine rings is 1. The van der Waals surface area contributed by atoms with Gasteiger partial charge in [-0.05, 0) is 66.9 Å². The number of hydrogen-bond donors (Lipinski definition) is 1. The van der Waals surface area contributed by atoms with E-state index in [1.54, 1.807) is 62.4 Å². The van der Waals surface area contributed by atoms with Gasteiger partial charge in [0.15, 0.2) is 6.54 Å². The molecule has 238 valence electrons. The molecule has 0 spiro atoms. The van der Waals surface area contributed by atoms with E-state index >= 15 is 0 Å². The molecule has 46 heavy (non-hydrogen) atoms. The predicted octanol–water partition coefficient (Wildman–Crippen LogP) is 5.77. The van der Waals surface area contributed by atoms with Gasteiger partial charge in [-0.3, -0.25) is 4.55 Å². The number of nitrogens with zero attached hydrogens (tertiary/aromatic N) is 1. The lowest BCUT2D eigenvalue weighted by Gasteiger charge is -2.16. The summed E-state index contributed by atoms with van der Waals surface area (Å²) in [6.07, 6.45) is 0.133. The number of esters is 2. The van der Waals surface area contributed by atoms with Crippen molar-refractivity contribution >= 4 is 43.9 Å². The van der Waals surface area contributed by atoms with Crippen LogP contribution in [0.15, 0.2) is 78.9 Å². The highest BCUT2D eigenvalue weighted by Crippen LogP contribution is 2.33. The quantitative estimate of drug-likeness (QED) is 0.0627. The lowest BCUT2D eigenvalue weighted by molar-refractivity contribution is -0.645. The summed E-state index contributed by atoms with van der Waals surface area (Å²) in [6, 6.07) is 23.1. The van der Waals surface area contributed by atoms with Crippen LogP contribution < -0.4 is 18.8 Å². The zero-order valence-corrected chi connectivity index (χ0v) is 26.7. The number of aromatic nitrogens is 1. The Kier molecular flexibility index (Phi) is 9.54. The van der Waals surface area contributed by atoms with Crippen LogP contribution in [-0.2, 0) is 28.0 Å². The lowest BCUT2D eigenvalue weighted by atomic mass is 10.0. The number of carbonyl (C=O) groups excluding carboxylic acids is 2. The predicted molar refractivity (Wildman–Crippen MR) is 172 cm³/mol. The Hall–Kier alpha value is -5.00. The van der Waals surface area contributed by atoms with Gasteiger partial charge < -0.3 is 18.9 Å². The van der Waals surface area contributed by atoms with Crippen LogP contribution in [0.25, 0.3) is 21.8 Å². The average molecular weight is 645 g/mol. The summed E-state index contributed by atoms with van der Waals surface area (Å²) >= 11 is 0. The van der Waals surface area contributed by atoms with Gasteiger partial charge in [0.25, 0.3) is 10.1 Å². The van der Waals surface area contributed by atoms with Crippen molar-refractivity contribution in [3.8, 4) is 17.2 Å². The van der Waals surface area contributed by atoms with E-state index in [-0.39, 0.29) is 25.1 Å². The molecule has 1 heterocycles. The van der Waals surface area contributed by atoms with E-state index in [9.17, 15) is 22.6 Å². The topological polar surface area (TPSA) is 129 Å².